The molecular weight excluding hydrogens is 334 g/mol. The minimum Gasteiger partial charge on any atom is -0.462 e. The molecule has 0 aliphatic carbocycles. The Morgan fingerprint density at radius 1 is 0.600 bits per heavy atom. The molecule has 0 amide bonds. The number of aromatic nitrogens is 1. The van der Waals surface area contributed by atoms with Crippen LogP contribution in [0.5, 0.6) is 0 Å². The molecule has 138 valence electrons. The van der Waals surface area contributed by atoms with Crippen molar-refractivity contribution in [3.63, 3.8) is 0 Å². The predicted octanol–water partition coefficient (Wildman–Crippen LogP) is 1.72. The highest BCUT2D eigenvalue weighted by atomic mass is 16.5. The van der Waals surface area contributed by atoms with Crippen molar-refractivity contribution in [1.29, 1.82) is 0 Å². The van der Waals surface area contributed by atoms with Gasteiger partial charge in [0.2, 0.25) is 0 Å². The van der Waals surface area contributed by atoms with Gasteiger partial charge in [-0.1, -0.05) is 0 Å². The topological polar surface area (TPSA) is 121 Å². The second kappa shape index (κ2) is 9.45. The maximum atomic E-state index is 12.3. The summed E-state index contributed by atoms with van der Waals surface area (Å²) in [7, 11) is 0. The normalized spacial score (nSPS) is 10.1. The van der Waals surface area contributed by atoms with E-state index in [2.05, 4.69) is 4.98 Å². The molecule has 1 N–H and O–H groups in total. The Hall–Kier alpha value is -2.84. The molecule has 1 rings (SSSR count). The largest absolute Gasteiger partial charge is 0.462 e. The third kappa shape index (κ3) is 4.59. The van der Waals surface area contributed by atoms with Crippen molar-refractivity contribution in [2.75, 3.05) is 26.4 Å². The van der Waals surface area contributed by atoms with Gasteiger partial charge in [-0.2, -0.15) is 0 Å². The van der Waals surface area contributed by atoms with Gasteiger partial charge in [0.1, 0.15) is 22.5 Å². The smallest absolute Gasteiger partial charge is 0.355 e. The first-order valence-corrected chi connectivity index (χ1v) is 7.87. The molecule has 0 bridgehead atoms. The number of carbonyl (C=O) groups is 4. The lowest BCUT2D eigenvalue weighted by Crippen LogP contribution is -2.18. The highest BCUT2D eigenvalue weighted by molar-refractivity contribution is 6.15. The van der Waals surface area contributed by atoms with Gasteiger partial charge in [-0.25, -0.2) is 19.2 Å². The van der Waals surface area contributed by atoms with Gasteiger partial charge in [-0.15, -0.1) is 0 Å². The molecule has 0 atom stereocenters. The van der Waals surface area contributed by atoms with Crippen molar-refractivity contribution in [3.05, 3.63) is 22.5 Å². The highest BCUT2D eigenvalue weighted by Gasteiger charge is 2.36. The fourth-order valence-corrected chi connectivity index (χ4v) is 2.03. The van der Waals surface area contributed by atoms with Crippen LogP contribution in [0.15, 0.2) is 0 Å². The fraction of sp³-hybridized carbons (Fsp3) is 0.500. The van der Waals surface area contributed by atoms with Crippen molar-refractivity contribution < 1.29 is 38.1 Å². The van der Waals surface area contributed by atoms with E-state index >= 15 is 0 Å². The summed E-state index contributed by atoms with van der Waals surface area (Å²) in [5.41, 5.74) is -1.57. The van der Waals surface area contributed by atoms with E-state index in [9.17, 15) is 19.2 Å². The molecule has 0 radical (unpaired) electrons. The highest BCUT2D eigenvalue weighted by Crippen LogP contribution is 2.24. The zero-order valence-corrected chi connectivity index (χ0v) is 14.6. The summed E-state index contributed by atoms with van der Waals surface area (Å²) in [6, 6.07) is 0. The number of nitrogens with one attached hydrogen (secondary N) is 1. The first-order chi connectivity index (χ1) is 11.9. The van der Waals surface area contributed by atoms with Crippen LogP contribution in [-0.4, -0.2) is 55.3 Å². The number of H-pyrrole nitrogens is 1. The van der Waals surface area contributed by atoms with Gasteiger partial charge in [0.25, 0.3) is 0 Å². The molecule has 9 nitrogen and oxygen atoms in total. The zero-order chi connectivity index (χ0) is 19.0. The number of esters is 4. The lowest BCUT2D eigenvalue weighted by molar-refractivity contribution is 0.0453. The SMILES string of the molecule is CCOC(=O)c1[nH]c(C(=O)OCC)c(C(=O)OCC)c1C(=O)OCC. The van der Waals surface area contributed by atoms with Crippen molar-refractivity contribution in [2.45, 2.75) is 27.7 Å². The first kappa shape index (κ1) is 20.2. The van der Waals surface area contributed by atoms with Gasteiger partial charge in [0, 0.05) is 0 Å². The number of rotatable bonds is 8. The minimum atomic E-state index is -0.958. The molecule has 0 aliphatic rings. The maximum Gasteiger partial charge on any atom is 0.355 e. The monoisotopic (exact) mass is 355 g/mol. The average Bonchev–Trinajstić information content (AvgIpc) is 2.96. The van der Waals surface area contributed by atoms with E-state index in [4.69, 9.17) is 18.9 Å². The molecular formula is C16H21NO8. The van der Waals surface area contributed by atoms with Crippen LogP contribution in [0, 0.1) is 0 Å². The molecule has 25 heavy (non-hydrogen) atoms. The summed E-state index contributed by atoms with van der Waals surface area (Å²) in [4.78, 5) is 51.3. The van der Waals surface area contributed by atoms with E-state index in [1.165, 1.54) is 0 Å². The van der Waals surface area contributed by atoms with Crippen LogP contribution in [0.3, 0.4) is 0 Å². The van der Waals surface area contributed by atoms with Crippen LogP contribution in [0.25, 0.3) is 0 Å². The summed E-state index contributed by atoms with van der Waals surface area (Å²) in [5, 5.41) is 0. The first-order valence-electron chi connectivity index (χ1n) is 7.87. The molecule has 0 saturated carbocycles. The third-order valence-corrected chi connectivity index (χ3v) is 2.92. The lowest BCUT2D eigenvalue weighted by Gasteiger charge is -2.07. The molecule has 1 heterocycles. The molecule has 0 saturated heterocycles. The van der Waals surface area contributed by atoms with Crippen LogP contribution < -0.4 is 0 Å². The van der Waals surface area contributed by atoms with Crippen LogP contribution >= 0.6 is 0 Å². The van der Waals surface area contributed by atoms with Gasteiger partial charge in [0.15, 0.2) is 0 Å². The Morgan fingerprint density at radius 3 is 1.16 bits per heavy atom. The minimum absolute atomic E-state index is 0.00326. The summed E-state index contributed by atoms with van der Waals surface area (Å²) in [5.74, 6) is -3.74. The van der Waals surface area contributed by atoms with Gasteiger partial charge >= 0.3 is 23.9 Å². The molecule has 9 heteroatoms. The van der Waals surface area contributed by atoms with E-state index in [0.717, 1.165) is 0 Å². The lowest BCUT2D eigenvalue weighted by atomic mass is 10.1. The number of hydrogen-bond donors (Lipinski definition) is 1. The molecule has 1 aromatic rings. The summed E-state index contributed by atoms with van der Waals surface area (Å²) >= 11 is 0. The summed E-state index contributed by atoms with van der Waals surface area (Å²) in [6.07, 6.45) is 0. The van der Waals surface area contributed by atoms with Gasteiger partial charge in [-0.3, -0.25) is 0 Å². The van der Waals surface area contributed by atoms with E-state index in [1.54, 1.807) is 27.7 Å². The summed E-state index contributed by atoms with van der Waals surface area (Å²) in [6.45, 7) is 6.34. The van der Waals surface area contributed by atoms with E-state index in [-0.39, 0.29) is 37.8 Å². The van der Waals surface area contributed by atoms with E-state index < -0.39 is 35.0 Å². The molecule has 0 fully saturated rings. The number of aromatic amines is 1. The summed E-state index contributed by atoms with van der Waals surface area (Å²) < 4.78 is 19.5. The second-order valence-electron chi connectivity index (χ2n) is 4.51. The zero-order valence-electron chi connectivity index (χ0n) is 14.6. The molecule has 0 aromatic carbocycles. The van der Waals surface area contributed by atoms with E-state index in [0.29, 0.717) is 0 Å². The Morgan fingerprint density at radius 2 is 0.880 bits per heavy atom. The molecule has 0 spiro atoms. The predicted molar refractivity (Wildman–Crippen MR) is 84.6 cm³/mol. The van der Waals surface area contributed by atoms with Gasteiger partial charge in [-0.05, 0) is 27.7 Å². The number of carbonyl (C=O) groups excluding carboxylic acids is 4. The standard InChI is InChI=1S/C16H21NO8/c1-5-22-13(18)9-10(14(19)23-6-2)12(16(21)25-8-4)17-11(9)15(20)24-7-3/h17H,5-8H2,1-4H3. The Balaban J connectivity index is 3.63. The van der Waals surface area contributed by atoms with Crippen LogP contribution in [0.2, 0.25) is 0 Å². The van der Waals surface area contributed by atoms with Crippen LogP contribution in [0.1, 0.15) is 69.4 Å². The molecule has 1 aromatic heterocycles. The van der Waals surface area contributed by atoms with Crippen LogP contribution in [-0.2, 0) is 18.9 Å². The van der Waals surface area contributed by atoms with Crippen molar-refractivity contribution >= 4 is 23.9 Å². The Kier molecular flexibility index (Phi) is 7.64. The Bertz CT molecular complexity index is 607. The third-order valence-electron chi connectivity index (χ3n) is 2.92. The van der Waals surface area contributed by atoms with Gasteiger partial charge in [0.05, 0.1) is 26.4 Å². The average molecular weight is 355 g/mol. The van der Waals surface area contributed by atoms with E-state index in [1.807, 2.05) is 0 Å². The second-order valence-corrected chi connectivity index (χ2v) is 4.51. The number of hydrogen-bond acceptors (Lipinski definition) is 8. The fourth-order valence-electron chi connectivity index (χ4n) is 2.03. The van der Waals surface area contributed by atoms with Crippen molar-refractivity contribution in [3.8, 4) is 0 Å². The molecule has 0 aliphatic heterocycles. The van der Waals surface area contributed by atoms with Crippen molar-refractivity contribution in [2.24, 2.45) is 0 Å². The maximum absolute atomic E-state index is 12.3. The Labute approximate surface area is 144 Å². The van der Waals surface area contributed by atoms with Crippen LogP contribution in [0.4, 0.5) is 0 Å². The molecule has 0 unspecified atom stereocenters. The van der Waals surface area contributed by atoms with Crippen molar-refractivity contribution in [1.82, 2.24) is 4.98 Å². The quantitative estimate of drug-likeness (QED) is 0.553. The van der Waals surface area contributed by atoms with Gasteiger partial charge < -0.3 is 23.9 Å². The number of ether oxygens (including phenoxy) is 4.